The second kappa shape index (κ2) is 6.65. The molecule has 0 saturated carbocycles. The van der Waals surface area contributed by atoms with Crippen LogP contribution in [-0.4, -0.2) is 52.6 Å². The molecule has 112 valence electrons. The van der Waals surface area contributed by atoms with E-state index in [-0.39, 0.29) is 12.7 Å². The molecule has 1 aliphatic heterocycles. The van der Waals surface area contributed by atoms with Crippen molar-refractivity contribution in [1.29, 1.82) is 0 Å². The highest BCUT2D eigenvalue weighted by molar-refractivity contribution is 9.10. The molecule has 1 N–H and O–H groups in total. The molecule has 0 amide bonds. The highest BCUT2D eigenvalue weighted by atomic mass is 79.9. The summed E-state index contributed by atoms with van der Waals surface area (Å²) in [6, 6.07) is 7.78. The van der Waals surface area contributed by atoms with Crippen LogP contribution in [0.25, 0.3) is 11.4 Å². The Hall–Kier alpha value is -1.28. The van der Waals surface area contributed by atoms with Gasteiger partial charge in [0.1, 0.15) is 0 Å². The van der Waals surface area contributed by atoms with Gasteiger partial charge in [-0.15, -0.1) is 0 Å². The van der Waals surface area contributed by atoms with E-state index in [4.69, 9.17) is 14.4 Å². The first-order valence-electron chi connectivity index (χ1n) is 6.78. The van der Waals surface area contributed by atoms with Crippen LogP contribution in [0.3, 0.4) is 0 Å². The number of ether oxygens (including phenoxy) is 1. The van der Waals surface area contributed by atoms with Crippen LogP contribution in [0.15, 0.2) is 33.3 Å². The number of hydrogen-bond donors (Lipinski definition) is 1. The SMILES string of the molecule is OCC1CN(Cc2nc(-c3cccc(Br)c3)no2)CCO1. The minimum absolute atomic E-state index is 0.0314. The van der Waals surface area contributed by atoms with Gasteiger partial charge in [-0.2, -0.15) is 4.98 Å². The predicted molar refractivity (Wildman–Crippen MR) is 79.5 cm³/mol. The zero-order valence-electron chi connectivity index (χ0n) is 11.4. The summed E-state index contributed by atoms with van der Waals surface area (Å²) < 4.78 is 11.7. The normalized spacial score (nSPS) is 19.8. The van der Waals surface area contributed by atoms with E-state index in [1.807, 2.05) is 24.3 Å². The molecule has 3 rings (SSSR count). The van der Waals surface area contributed by atoms with Crippen LogP contribution in [0.4, 0.5) is 0 Å². The van der Waals surface area contributed by atoms with E-state index >= 15 is 0 Å². The smallest absolute Gasteiger partial charge is 0.241 e. The molecule has 6 nitrogen and oxygen atoms in total. The largest absolute Gasteiger partial charge is 0.394 e. The molecule has 21 heavy (non-hydrogen) atoms. The second-order valence-corrected chi connectivity index (χ2v) is 5.85. The van der Waals surface area contributed by atoms with Gasteiger partial charge in [0.25, 0.3) is 0 Å². The van der Waals surface area contributed by atoms with E-state index in [0.29, 0.717) is 31.4 Å². The van der Waals surface area contributed by atoms with Crippen LogP contribution in [0.1, 0.15) is 5.89 Å². The van der Waals surface area contributed by atoms with Crippen molar-refractivity contribution in [3.63, 3.8) is 0 Å². The number of aliphatic hydroxyl groups is 1. The predicted octanol–water partition coefficient (Wildman–Crippen LogP) is 1.69. The quantitative estimate of drug-likeness (QED) is 0.901. The lowest BCUT2D eigenvalue weighted by molar-refractivity contribution is -0.0571. The third-order valence-corrected chi connectivity index (χ3v) is 3.83. The molecule has 1 aliphatic rings. The van der Waals surface area contributed by atoms with Crippen LogP contribution >= 0.6 is 15.9 Å². The molecule has 7 heteroatoms. The fourth-order valence-corrected chi connectivity index (χ4v) is 2.69. The topological polar surface area (TPSA) is 71.6 Å². The summed E-state index contributed by atoms with van der Waals surface area (Å²) in [5, 5.41) is 13.2. The van der Waals surface area contributed by atoms with Crippen molar-refractivity contribution in [1.82, 2.24) is 15.0 Å². The lowest BCUT2D eigenvalue weighted by Crippen LogP contribution is -2.43. The average Bonchev–Trinajstić information content (AvgIpc) is 2.96. The molecule has 1 fully saturated rings. The van der Waals surface area contributed by atoms with Crippen LogP contribution in [0.2, 0.25) is 0 Å². The zero-order chi connectivity index (χ0) is 14.7. The number of hydrogen-bond acceptors (Lipinski definition) is 6. The van der Waals surface area contributed by atoms with Crippen LogP contribution < -0.4 is 0 Å². The van der Waals surface area contributed by atoms with Gasteiger partial charge >= 0.3 is 0 Å². The third-order valence-electron chi connectivity index (χ3n) is 3.34. The molecule has 1 aromatic heterocycles. The zero-order valence-corrected chi connectivity index (χ0v) is 13.0. The van der Waals surface area contributed by atoms with Crippen LogP contribution in [0, 0.1) is 0 Å². The molecule has 2 aromatic rings. The van der Waals surface area contributed by atoms with Crippen molar-refractivity contribution < 1.29 is 14.4 Å². The van der Waals surface area contributed by atoms with Crippen molar-refractivity contribution in [2.24, 2.45) is 0 Å². The lowest BCUT2D eigenvalue weighted by Gasteiger charge is -2.30. The molecule has 2 heterocycles. The summed E-state index contributed by atoms with van der Waals surface area (Å²) in [5.41, 5.74) is 0.912. The molecule has 0 spiro atoms. The number of morpholine rings is 1. The monoisotopic (exact) mass is 353 g/mol. The van der Waals surface area contributed by atoms with Crippen LogP contribution in [-0.2, 0) is 11.3 Å². The van der Waals surface area contributed by atoms with Crippen molar-refractivity contribution in [2.45, 2.75) is 12.6 Å². The standard InChI is InChI=1S/C14H16BrN3O3/c15-11-3-1-2-10(6-11)14-16-13(21-17-14)8-18-4-5-20-12(7-18)9-19/h1-3,6,12,19H,4-5,7-9H2. The molecule has 1 saturated heterocycles. The van der Waals surface area contributed by atoms with Crippen molar-refractivity contribution in [2.75, 3.05) is 26.3 Å². The van der Waals surface area contributed by atoms with Gasteiger partial charge in [0.2, 0.25) is 11.7 Å². The Morgan fingerprint density at radius 2 is 2.33 bits per heavy atom. The Balaban J connectivity index is 1.68. The first-order valence-corrected chi connectivity index (χ1v) is 7.57. The first-order chi connectivity index (χ1) is 10.2. The lowest BCUT2D eigenvalue weighted by atomic mass is 10.2. The summed E-state index contributed by atoms with van der Waals surface area (Å²) >= 11 is 3.43. The number of rotatable bonds is 4. The molecule has 1 aromatic carbocycles. The van der Waals surface area contributed by atoms with E-state index in [1.165, 1.54) is 0 Å². The molecule has 1 unspecified atom stereocenters. The molecule has 1 atom stereocenters. The van der Waals surface area contributed by atoms with Gasteiger partial charge in [-0.1, -0.05) is 33.2 Å². The van der Waals surface area contributed by atoms with E-state index in [9.17, 15) is 0 Å². The van der Waals surface area contributed by atoms with Gasteiger partial charge in [0, 0.05) is 23.1 Å². The van der Waals surface area contributed by atoms with E-state index in [1.54, 1.807) is 0 Å². The van der Waals surface area contributed by atoms with Gasteiger partial charge in [0.15, 0.2) is 0 Å². The Morgan fingerprint density at radius 1 is 1.43 bits per heavy atom. The summed E-state index contributed by atoms with van der Waals surface area (Å²) in [4.78, 5) is 6.56. The van der Waals surface area contributed by atoms with Gasteiger partial charge in [-0.3, -0.25) is 4.90 Å². The number of aromatic nitrogens is 2. The Labute approximate surface area is 130 Å². The maximum Gasteiger partial charge on any atom is 0.241 e. The fraction of sp³-hybridized carbons (Fsp3) is 0.429. The highest BCUT2D eigenvalue weighted by Crippen LogP contribution is 2.20. The highest BCUT2D eigenvalue weighted by Gasteiger charge is 2.21. The minimum atomic E-state index is -0.133. The molecular weight excluding hydrogens is 338 g/mol. The van der Waals surface area contributed by atoms with Gasteiger partial charge in [-0.05, 0) is 12.1 Å². The second-order valence-electron chi connectivity index (χ2n) is 4.93. The molecular formula is C14H16BrN3O3. The Bertz CT molecular complexity index is 605. The number of nitrogens with zero attached hydrogens (tertiary/aromatic N) is 3. The minimum Gasteiger partial charge on any atom is -0.394 e. The molecule has 0 radical (unpaired) electrons. The molecule has 0 bridgehead atoms. The van der Waals surface area contributed by atoms with Crippen molar-refractivity contribution in [3.8, 4) is 11.4 Å². The maximum atomic E-state index is 9.15. The van der Waals surface area contributed by atoms with Gasteiger partial charge in [-0.25, -0.2) is 0 Å². The third kappa shape index (κ3) is 3.68. The van der Waals surface area contributed by atoms with Gasteiger partial charge < -0.3 is 14.4 Å². The first kappa shape index (κ1) is 14.6. The number of benzene rings is 1. The number of aliphatic hydroxyl groups excluding tert-OH is 1. The number of halogens is 1. The van der Waals surface area contributed by atoms with Crippen LogP contribution in [0.5, 0.6) is 0 Å². The Morgan fingerprint density at radius 3 is 3.14 bits per heavy atom. The summed E-state index contributed by atoms with van der Waals surface area (Å²) in [6.45, 7) is 2.68. The van der Waals surface area contributed by atoms with E-state index in [2.05, 4.69) is 31.0 Å². The fourth-order valence-electron chi connectivity index (χ4n) is 2.29. The maximum absolute atomic E-state index is 9.15. The van der Waals surface area contributed by atoms with E-state index < -0.39 is 0 Å². The van der Waals surface area contributed by atoms with Gasteiger partial charge in [0.05, 0.1) is 25.9 Å². The summed E-state index contributed by atoms with van der Waals surface area (Å²) in [6.07, 6.45) is -0.133. The summed E-state index contributed by atoms with van der Waals surface area (Å²) in [5.74, 6) is 1.15. The van der Waals surface area contributed by atoms with Crippen molar-refractivity contribution in [3.05, 3.63) is 34.6 Å². The van der Waals surface area contributed by atoms with E-state index in [0.717, 1.165) is 16.6 Å². The Kier molecular flexibility index (Phi) is 4.64. The summed E-state index contributed by atoms with van der Waals surface area (Å²) in [7, 11) is 0. The molecule has 0 aliphatic carbocycles. The van der Waals surface area contributed by atoms with Crippen molar-refractivity contribution >= 4 is 15.9 Å². The average molecular weight is 354 g/mol.